The number of hydrogen-bond acceptors (Lipinski definition) is 3. The highest BCUT2D eigenvalue weighted by Crippen LogP contribution is 2.16. The van der Waals surface area contributed by atoms with Crippen molar-refractivity contribution in [2.75, 3.05) is 19.6 Å². The van der Waals surface area contributed by atoms with Crippen molar-refractivity contribution in [3.05, 3.63) is 0 Å². The van der Waals surface area contributed by atoms with E-state index < -0.39 is 5.97 Å². The average molecular weight is 242 g/mol. The number of carboxylic acid groups (broad SMARTS) is 1. The Morgan fingerprint density at radius 2 is 2.24 bits per heavy atom. The van der Waals surface area contributed by atoms with Crippen LogP contribution in [-0.4, -0.2) is 47.6 Å². The van der Waals surface area contributed by atoms with Gasteiger partial charge in [0.2, 0.25) is 5.91 Å². The number of carbonyl (C=O) groups excluding carboxylic acids is 1. The zero-order valence-corrected chi connectivity index (χ0v) is 10.6. The van der Waals surface area contributed by atoms with Gasteiger partial charge in [-0.2, -0.15) is 0 Å². The van der Waals surface area contributed by atoms with Gasteiger partial charge in [-0.1, -0.05) is 0 Å². The summed E-state index contributed by atoms with van der Waals surface area (Å²) in [6.45, 7) is 5.96. The lowest BCUT2D eigenvalue weighted by Crippen LogP contribution is -2.47. The minimum absolute atomic E-state index is 0.0136. The van der Waals surface area contributed by atoms with Gasteiger partial charge >= 0.3 is 5.97 Å². The van der Waals surface area contributed by atoms with Crippen molar-refractivity contribution < 1.29 is 14.7 Å². The number of piperidine rings is 1. The second-order valence-electron chi connectivity index (χ2n) is 4.61. The van der Waals surface area contributed by atoms with Gasteiger partial charge in [0.1, 0.15) is 0 Å². The summed E-state index contributed by atoms with van der Waals surface area (Å²) >= 11 is 0. The van der Waals surface area contributed by atoms with Crippen LogP contribution in [0.3, 0.4) is 0 Å². The Labute approximate surface area is 102 Å². The maximum atomic E-state index is 12.2. The molecule has 0 saturated carbocycles. The summed E-state index contributed by atoms with van der Waals surface area (Å²) in [5.41, 5.74) is 0. The molecule has 1 rings (SSSR count). The highest BCUT2D eigenvalue weighted by atomic mass is 16.4. The number of hydrogen-bond donors (Lipinski definition) is 2. The van der Waals surface area contributed by atoms with E-state index in [1.165, 1.54) is 0 Å². The summed E-state index contributed by atoms with van der Waals surface area (Å²) in [4.78, 5) is 24.6. The fraction of sp³-hybridized carbons (Fsp3) is 0.833. The predicted octanol–water partition coefficient (Wildman–Crippen LogP) is 0.698. The number of nitrogens with zero attached hydrogens (tertiary/aromatic N) is 1. The Morgan fingerprint density at radius 3 is 2.71 bits per heavy atom. The van der Waals surface area contributed by atoms with E-state index >= 15 is 0 Å². The fourth-order valence-corrected chi connectivity index (χ4v) is 2.34. The summed E-state index contributed by atoms with van der Waals surface area (Å²) in [5, 5.41) is 12.0. The minimum Gasteiger partial charge on any atom is -0.481 e. The lowest BCUT2D eigenvalue weighted by atomic mass is 9.97. The molecule has 1 saturated heterocycles. The zero-order valence-electron chi connectivity index (χ0n) is 10.6. The highest BCUT2D eigenvalue weighted by molar-refractivity contribution is 5.80. The van der Waals surface area contributed by atoms with Crippen LogP contribution in [0, 0.1) is 5.92 Å². The third kappa shape index (κ3) is 4.00. The minimum atomic E-state index is -0.856. The van der Waals surface area contributed by atoms with Crippen molar-refractivity contribution in [3.8, 4) is 0 Å². The Balaban J connectivity index is 2.58. The van der Waals surface area contributed by atoms with Crippen molar-refractivity contribution in [1.29, 1.82) is 0 Å². The van der Waals surface area contributed by atoms with Gasteiger partial charge in [0, 0.05) is 19.1 Å². The topological polar surface area (TPSA) is 69.6 Å². The summed E-state index contributed by atoms with van der Waals surface area (Å²) in [6.07, 6.45) is 1.93. The smallest absolute Gasteiger partial charge is 0.305 e. The van der Waals surface area contributed by atoms with Crippen LogP contribution in [0.4, 0.5) is 0 Å². The molecule has 2 N–H and O–H groups in total. The van der Waals surface area contributed by atoms with Gasteiger partial charge in [0.05, 0.1) is 12.3 Å². The first kappa shape index (κ1) is 14.0. The van der Waals surface area contributed by atoms with Gasteiger partial charge < -0.3 is 15.3 Å². The number of nitrogens with one attached hydrogen (secondary N) is 1. The van der Waals surface area contributed by atoms with E-state index in [0.717, 1.165) is 25.9 Å². The molecule has 5 nitrogen and oxygen atoms in total. The number of amides is 1. The van der Waals surface area contributed by atoms with Crippen molar-refractivity contribution in [2.24, 2.45) is 5.92 Å². The summed E-state index contributed by atoms with van der Waals surface area (Å²) in [7, 11) is 0. The van der Waals surface area contributed by atoms with E-state index in [4.69, 9.17) is 5.11 Å². The third-order valence-corrected chi connectivity index (χ3v) is 3.27. The highest BCUT2D eigenvalue weighted by Gasteiger charge is 2.28. The molecule has 2 unspecified atom stereocenters. The van der Waals surface area contributed by atoms with Crippen molar-refractivity contribution in [3.63, 3.8) is 0 Å². The molecule has 0 aromatic heterocycles. The van der Waals surface area contributed by atoms with Crippen LogP contribution in [-0.2, 0) is 9.59 Å². The predicted molar refractivity (Wildman–Crippen MR) is 64.7 cm³/mol. The molecule has 0 aromatic carbocycles. The van der Waals surface area contributed by atoms with Crippen LogP contribution in [0.1, 0.15) is 33.1 Å². The monoisotopic (exact) mass is 242 g/mol. The van der Waals surface area contributed by atoms with E-state index in [0.29, 0.717) is 6.54 Å². The zero-order chi connectivity index (χ0) is 12.8. The van der Waals surface area contributed by atoms with Gasteiger partial charge in [-0.05, 0) is 33.2 Å². The lowest BCUT2D eigenvalue weighted by molar-refractivity contribution is -0.142. The van der Waals surface area contributed by atoms with Gasteiger partial charge in [-0.15, -0.1) is 0 Å². The molecule has 0 radical (unpaired) electrons. The van der Waals surface area contributed by atoms with E-state index in [2.05, 4.69) is 5.32 Å². The van der Waals surface area contributed by atoms with Gasteiger partial charge in [0.25, 0.3) is 0 Å². The maximum Gasteiger partial charge on any atom is 0.305 e. The van der Waals surface area contributed by atoms with Crippen molar-refractivity contribution in [2.45, 2.75) is 39.2 Å². The molecule has 1 amide bonds. The summed E-state index contributed by atoms with van der Waals surface area (Å²) < 4.78 is 0. The Bertz CT molecular complexity index is 275. The summed E-state index contributed by atoms with van der Waals surface area (Å²) in [6, 6.07) is -0.230. The number of carboxylic acids is 1. The lowest BCUT2D eigenvalue weighted by Gasteiger charge is -2.32. The van der Waals surface area contributed by atoms with Crippen molar-refractivity contribution >= 4 is 11.9 Å². The van der Waals surface area contributed by atoms with Gasteiger partial charge in [0.15, 0.2) is 0 Å². The molecule has 1 aliphatic rings. The fourth-order valence-electron chi connectivity index (χ4n) is 2.34. The number of carbonyl (C=O) groups is 2. The van der Waals surface area contributed by atoms with Gasteiger partial charge in [-0.25, -0.2) is 0 Å². The molecule has 17 heavy (non-hydrogen) atoms. The average Bonchev–Trinajstić information content (AvgIpc) is 2.30. The molecule has 0 bridgehead atoms. The Hall–Kier alpha value is -1.10. The second kappa shape index (κ2) is 6.59. The molecule has 0 aliphatic carbocycles. The molecule has 5 heteroatoms. The first-order chi connectivity index (χ1) is 8.06. The molecular weight excluding hydrogens is 220 g/mol. The SMILES string of the molecule is CCN(C(=O)C1CCCNC1)C(C)CC(=O)O. The van der Waals surface area contributed by atoms with Crippen LogP contribution in [0.5, 0.6) is 0 Å². The quantitative estimate of drug-likeness (QED) is 0.744. The molecule has 1 fully saturated rings. The Kier molecular flexibility index (Phi) is 5.41. The number of rotatable bonds is 5. The Morgan fingerprint density at radius 1 is 1.53 bits per heavy atom. The molecule has 2 atom stereocenters. The van der Waals surface area contributed by atoms with Crippen LogP contribution >= 0.6 is 0 Å². The molecule has 98 valence electrons. The van der Waals surface area contributed by atoms with E-state index in [1.54, 1.807) is 11.8 Å². The van der Waals surface area contributed by atoms with Crippen LogP contribution in [0.25, 0.3) is 0 Å². The van der Waals surface area contributed by atoms with Crippen LogP contribution < -0.4 is 5.32 Å². The van der Waals surface area contributed by atoms with Gasteiger partial charge in [-0.3, -0.25) is 9.59 Å². The largest absolute Gasteiger partial charge is 0.481 e. The maximum absolute atomic E-state index is 12.2. The molecule has 0 aromatic rings. The first-order valence-electron chi connectivity index (χ1n) is 6.29. The third-order valence-electron chi connectivity index (χ3n) is 3.27. The standard InChI is InChI=1S/C12H22N2O3/c1-3-14(9(2)7-11(15)16)12(17)10-5-4-6-13-8-10/h9-10,13H,3-8H2,1-2H3,(H,15,16). The molecule has 0 spiro atoms. The number of aliphatic carboxylic acids is 1. The van der Waals surface area contributed by atoms with Crippen LogP contribution in [0.2, 0.25) is 0 Å². The molecule has 1 aliphatic heterocycles. The second-order valence-corrected chi connectivity index (χ2v) is 4.61. The first-order valence-corrected chi connectivity index (χ1v) is 6.29. The normalized spacial score (nSPS) is 21.9. The van der Waals surface area contributed by atoms with Crippen molar-refractivity contribution in [1.82, 2.24) is 10.2 Å². The van der Waals surface area contributed by atoms with E-state index in [9.17, 15) is 9.59 Å². The summed E-state index contributed by atoms with van der Waals surface area (Å²) in [5.74, 6) is -0.751. The van der Waals surface area contributed by atoms with Crippen LogP contribution in [0.15, 0.2) is 0 Å². The molecule has 1 heterocycles. The molecular formula is C12H22N2O3. The van der Waals surface area contributed by atoms with E-state index in [-0.39, 0.29) is 24.3 Å². The van der Waals surface area contributed by atoms with E-state index in [1.807, 2.05) is 6.92 Å².